The van der Waals surface area contributed by atoms with Crippen molar-refractivity contribution < 1.29 is 13.5 Å². The number of rotatable bonds is 2. The van der Waals surface area contributed by atoms with Gasteiger partial charge in [0.25, 0.3) is 0 Å². The molecule has 0 aromatic heterocycles. The van der Waals surface area contributed by atoms with E-state index in [0.717, 1.165) is 29.7 Å². The quantitative estimate of drug-likeness (QED) is 0.544. The minimum absolute atomic E-state index is 0.912. The van der Waals surface area contributed by atoms with Crippen LogP contribution in [-0.2, 0) is 4.74 Å². The van der Waals surface area contributed by atoms with Crippen LogP contribution in [0.5, 0.6) is 0 Å². The first-order valence-corrected chi connectivity index (χ1v) is 3.23. The molecule has 0 saturated heterocycles. The fourth-order valence-electron chi connectivity index (χ4n) is 0.134. The van der Waals surface area contributed by atoms with Gasteiger partial charge in [-0.1, -0.05) is 11.6 Å². The summed E-state index contributed by atoms with van der Waals surface area (Å²) in [6, 6.07) is 0. The third-order valence-corrected chi connectivity index (χ3v) is 1.85. The molecule has 0 aromatic rings. The molecule has 0 aliphatic rings. The van der Waals surface area contributed by atoms with Crippen LogP contribution in [0.3, 0.4) is 0 Å². The molecule has 0 aliphatic heterocycles. The Morgan fingerprint density at radius 3 is 2.12 bits per heavy atom. The summed E-state index contributed by atoms with van der Waals surface area (Å²) in [5, 5.41) is 0. The molecular formula is C3H4ClF2IO. The predicted octanol–water partition coefficient (Wildman–Crippen LogP) is 2.23. The van der Waals surface area contributed by atoms with E-state index in [4.69, 9.17) is 11.6 Å². The second-order valence-electron chi connectivity index (χ2n) is 1.09. The van der Waals surface area contributed by atoms with Gasteiger partial charge in [-0.05, 0) is 0 Å². The van der Waals surface area contributed by atoms with Crippen molar-refractivity contribution in [1.29, 1.82) is 0 Å². The van der Waals surface area contributed by atoms with Crippen LogP contribution in [0.15, 0.2) is 0 Å². The van der Waals surface area contributed by atoms with Crippen LogP contribution < -0.4 is 0 Å². The minimum Gasteiger partial charge on any atom is -0.359 e. The Kier molecular flexibility index (Phi) is 3.45. The predicted molar refractivity (Wildman–Crippen MR) is 35.6 cm³/mol. The number of methoxy groups -OCH3 is 1. The fourth-order valence-corrected chi connectivity index (χ4v) is 0.388. The van der Waals surface area contributed by atoms with Crippen molar-refractivity contribution >= 4 is 34.2 Å². The second kappa shape index (κ2) is 3.12. The van der Waals surface area contributed by atoms with Gasteiger partial charge >= 0.3 is 3.93 Å². The van der Waals surface area contributed by atoms with Crippen molar-refractivity contribution in [2.24, 2.45) is 0 Å². The SMILES string of the molecule is COC(Cl)C(F)(F)I. The molecule has 0 rings (SSSR count). The molecular weight excluding hydrogens is 252 g/mol. The van der Waals surface area contributed by atoms with Crippen LogP contribution in [0.4, 0.5) is 8.78 Å². The summed E-state index contributed by atoms with van der Waals surface area (Å²) in [5.41, 5.74) is -1.52. The van der Waals surface area contributed by atoms with E-state index in [1.54, 1.807) is 0 Å². The summed E-state index contributed by atoms with van der Waals surface area (Å²) in [6.07, 6.45) is 0. The molecule has 1 nitrogen and oxygen atoms in total. The molecule has 0 spiro atoms. The van der Waals surface area contributed by atoms with E-state index in [9.17, 15) is 8.78 Å². The molecule has 0 aromatic carbocycles. The third-order valence-electron chi connectivity index (χ3n) is 0.464. The molecule has 0 fully saturated rings. The van der Waals surface area contributed by atoms with Crippen molar-refractivity contribution in [3.05, 3.63) is 0 Å². The number of ether oxygens (including phenoxy) is 1. The zero-order valence-corrected chi connectivity index (χ0v) is 6.91. The fraction of sp³-hybridized carbons (Fsp3) is 1.00. The maximum absolute atomic E-state index is 11.8. The van der Waals surface area contributed by atoms with E-state index in [1.165, 1.54) is 0 Å². The zero-order valence-electron chi connectivity index (χ0n) is 4.00. The Balaban J connectivity index is 3.62. The van der Waals surface area contributed by atoms with E-state index in [0.29, 0.717) is 0 Å². The van der Waals surface area contributed by atoms with Crippen LogP contribution >= 0.6 is 34.2 Å². The van der Waals surface area contributed by atoms with Crippen molar-refractivity contribution in [2.75, 3.05) is 7.11 Å². The first kappa shape index (κ1) is 8.84. The van der Waals surface area contributed by atoms with Gasteiger partial charge in [0, 0.05) is 29.7 Å². The lowest BCUT2D eigenvalue weighted by molar-refractivity contribution is 0.00156. The molecule has 0 radical (unpaired) electrons. The lowest BCUT2D eigenvalue weighted by Crippen LogP contribution is -2.22. The largest absolute Gasteiger partial charge is 0.359 e. The van der Waals surface area contributed by atoms with E-state index >= 15 is 0 Å². The molecule has 1 unspecified atom stereocenters. The molecule has 0 N–H and O–H groups in total. The lowest BCUT2D eigenvalue weighted by atomic mass is 10.8. The Bertz CT molecular complexity index is 74.2. The van der Waals surface area contributed by atoms with Crippen molar-refractivity contribution in [1.82, 2.24) is 0 Å². The van der Waals surface area contributed by atoms with Crippen molar-refractivity contribution in [2.45, 2.75) is 9.49 Å². The third kappa shape index (κ3) is 2.99. The van der Waals surface area contributed by atoms with Crippen LogP contribution in [0.2, 0.25) is 0 Å². The highest BCUT2D eigenvalue weighted by molar-refractivity contribution is 14.1. The summed E-state index contributed by atoms with van der Waals surface area (Å²) < 4.78 is 24.8. The maximum atomic E-state index is 11.8. The van der Waals surface area contributed by atoms with Gasteiger partial charge in [0.05, 0.1) is 0 Å². The number of hydrogen-bond donors (Lipinski definition) is 0. The van der Waals surface area contributed by atoms with Crippen molar-refractivity contribution in [3.8, 4) is 0 Å². The van der Waals surface area contributed by atoms with E-state index in [-0.39, 0.29) is 0 Å². The standard InChI is InChI=1S/C3H4ClF2IO/c1-8-2(4)3(5,6)7/h2H,1H3. The molecule has 0 amide bonds. The Labute approximate surface area is 64.5 Å². The van der Waals surface area contributed by atoms with Gasteiger partial charge in [0.2, 0.25) is 5.56 Å². The van der Waals surface area contributed by atoms with Crippen LogP contribution in [0.25, 0.3) is 0 Å². The number of halogens is 4. The smallest absolute Gasteiger partial charge is 0.335 e. The van der Waals surface area contributed by atoms with Gasteiger partial charge in [-0.3, -0.25) is 0 Å². The van der Waals surface area contributed by atoms with Gasteiger partial charge in [-0.25, -0.2) is 0 Å². The molecule has 0 saturated carbocycles. The zero-order chi connectivity index (χ0) is 6.78. The second-order valence-corrected chi connectivity index (χ2v) is 2.93. The van der Waals surface area contributed by atoms with Gasteiger partial charge in [-0.2, -0.15) is 8.78 Å². The molecule has 5 heteroatoms. The summed E-state index contributed by atoms with van der Waals surface area (Å²) >= 11 is 5.87. The topological polar surface area (TPSA) is 9.23 Å². The summed E-state index contributed by atoms with van der Waals surface area (Å²) in [7, 11) is 1.13. The highest BCUT2D eigenvalue weighted by Gasteiger charge is 2.34. The van der Waals surface area contributed by atoms with Gasteiger partial charge in [0.1, 0.15) is 0 Å². The average Bonchev–Trinajstić information content (AvgIpc) is 1.62. The van der Waals surface area contributed by atoms with Crippen LogP contribution in [0.1, 0.15) is 0 Å². The average molecular weight is 256 g/mol. The molecule has 50 valence electrons. The van der Waals surface area contributed by atoms with Crippen LogP contribution in [-0.4, -0.2) is 16.6 Å². The molecule has 8 heavy (non-hydrogen) atoms. The highest BCUT2D eigenvalue weighted by Crippen LogP contribution is 2.30. The van der Waals surface area contributed by atoms with Crippen LogP contribution in [0, 0.1) is 0 Å². The Hall–Kier alpha value is 0.840. The lowest BCUT2D eigenvalue weighted by Gasteiger charge is -2.12. The first-order chi connectivity index (χ1) is 3.48. The normalized spacial score (nSPS) is 16.1. The minimum atomic E-state index is -2.98. The monoisotopic (exact) mass is 256 g/mol. The summed E-state index contributed by atoms with van der Waals surface area (Å²) in [6.45, 7) is 0. The van der Waals surface area contributed by atoms with Gasteiger partial charge in [0.15, 0.2) is 0 Å². The number of alkyl halides is 4. The molecule has 0 bridgehead atoms. The number of hydrogen-bond acceptors (Lipinski definition) is 1. The van der Waals surface area contributed by atoms with Gasteiger partial charge in [-0.15, -0.1) is 0 Å². The Morgan fingerprint density at radius 2 is 2.12 bits per heavy atom. The van der Waals surface area contributed by atoms with E-state index < -0.39 is 9.49 Å². The highest BCUT2D eigenvalue weighted by atomic mass is 127. The first-order valence-electron chi connectivity index (χ1n) is 1.72. The van der Waals surface area contributed by atoms with E-state index in [2.05, 4.69) is 4.74 Å². The van der Waals surface area contributed by atoms with Crippen molar-refractivity contribution in [3.63, 3.8) is 0 Å². The Morgan fingerprint density at radius 1 is 1.75 bits per heavy atom. The maximum Gasteiger partial charge on any atom is 0.335 e. The van der Waals surface area contributed by atoms with Gasteiger partial charge < -0.3 is 4.74 Å². The summed E-state index contributed by atoms with van der Waals surface area (Å²) in [4.78, 5) is 0. The van der Waals surface area contributed by atoms with E-state index in [1.807, 2.05) is 0 Å². The molecule has 0 aliphatic carbocycles. The summed E-state index contributed by atoms with van der Waals surface area (Å²) in [5.74, 6) is 0. The molecule has 0 heterocycles. The molecule has 1 atom stereocenters.